The Morgan fingerprint density at radius 3 is 2.50 bits per heavy atom. The molecule has 1 aliphatic rings. The first-order valence-corrected chi connectivity index (χ1v) is 9.06. The Labute approximate surface area is 158 Å². The normalized spacial score (nSPS) is 16.6. The Bertz CT molecular complexity index is 1030. The van der Waals surface area contributed by atoms with E-state index in [9.17, 15) is 23.1 Å². The summed E-state index contributed by atoms with van der Waals surface area (Å²) >= 11 is 0. The van der Waals surface area contributed by atoms with E-state index in [1.54, 1.807) is 12.3 Å². The molecule has 2 aromatic heterocycles. The number of hydrogen-bond acceptors (Lipinski definition) is 4. The second kappa shape index (κ2) is 6.97. The van der Waals surface area contributed by atoms with E-state index in [1.165, 1.54) is 24.3 Å². The number of benzene rings is 1. The molecule has 6 nitrogen and oxygen atoms in total. The lowest BCUT2D eigenvalue weighted by Crippen LogP contribution is -2.20. The predicted molar refractivity (Wildman–Crippen MR) is 98.6 cm³/mol. The van der Waals surface area contributed by atoms with Gasteiger partial charge in [0.15, 0.2) is 11.9 Å². The number of nitrogens with one attached hydrogen (secondary N) is 2. The zero-order chi connectivity index (χ0) is 19.9. The highest BCUT2D eigenvalue weighted by Crippen LogP contribution is 2.35. The summed E-state index contributed by atoms with van der Waals surface area (Å²) in [5.74, 6) is 0.355. The molecule has 0 spiro atoms. The summed E-state index contributed by atoms with van der Waals surface area (Å²) in [4.78, 5) is 15.0. The molecule has 2 heterocycles. The van der Waals surface area contributed by atoms with Crippen molar-refractivity contribution < 1.29 is 18.3 Å². The Morgan fingerprint density at radius 2 is 1.86 bits per heavy atom. The monoisotopic (exact) mass is 392 g/mol. The van der Waals surface area contributed by atoms with Gasteiger partial charge >= 0.3 is 6.18 Å². The lowest BCUT2D eigenvalue weighted by Gasteiger charge is -2.15. The maximum atomic E-state index is 12.6. The van der Waals surface area contributed by atoms with Gasteiger partial charge < -0.3 is 15.4 Å². The van der Waals surface area contributed by atoms with Gasteiger partial charge in [0.1, 0.15) is 5.39 Å². The number of aromatic amines is 1. The third kappa shape index (κ3) is 3.37. The summed E-state index contributed by atoms with van der Waals surface area (Å²) in [5.41, 5.74) is 0.659. The molecule has 1 atom stereocenters. The number of fused-ring (bicyclic) bond motifs is 1. The van der Waals surface area contributed by atoms with Crippen LogP contribution in [0.25, 0.3) is 10.9 Å². The fraction of sp³-hybridized carbons (Fsp3) is 0.368. The van der Waals surface area contributed by atoms with Crippen LogP contribution in [-0.4, -0.2) is 26.0 Å². The minimum atomic E-state index is -4.72. The Hall–Kier alpha value is -2.81. The van der Waals surface area contributed by atoms with Gasteiger partial charge in [0.2, 0.25) is 0 Å². The van der Waals surface area contributed by atoms with Crippen LogP contribution >= 0.6 is 0 Å². The lowest BCUT2D eigenvalue weighted by atomic mass is 10.1. The van der Waals surface area contributed by atoms with Crippen LogP contribution < -0.4 is 10.9 Å². The predicted octanol–water partition coefficient (Wildman–Crippen LogP) is 4.18. The number of aromatic nitrogens is 3. The second-order valence-electron chi connectivity index (χ2n) is 6.99. The first-order valence-electron chi connectivity index (χ1n) is 9.06. The van der Waals surface area contributed by atoms with Crippen molar-refractivity contribution in [1.82, 2.24) is 14.8 Å². The van der Waals surface area contributed by atoms with Crippen molar-refractivity contribution >= 4 is 22.4 Å². The summed E-state index contributed by atoms with van der Waals surface area (Å²) < 4.78 is 39.8. The SMILES string of the molecule is O=c1[nH]ccc2c1c(Nc1ccc(C(O)C(F)(F)F)cc1)nn2C1CCCC1. The number of anilines is 2. The van der Waals surface area contributed by atoms with E-state index in [4.69, 9.17) is 0 Å². The summed E-state index contributed by atoms with van der Waals surface area (Å²) in [5, 5.41) is 17.3. The van der Waals surface area contributed by atoms with E-state index in [-0.39, 0.29) is 17.2 Å². The van der Waals surface area contributed by atoms with Crippen LogP contribution in [0.2, 0.25) is 0 Å². The van der Waals surface area contributed by atoms with Gasteiger partial charge in [0.05, 0.1) is 11.6 Å². The molecule has 28 heavy (non-hydrogen) atoms. The highest BCUT2D eigenvalue weighted by Gasteiger charge is 2.39. The molecule has 9 heteroatoms. The molecule has 0 aliphatic heterocycles. The summed E-state index contributed by atoms with van der Waals surface area (Å²) in [6.07, 6.45) is -1.47. The second-order valence-corrected chi connectivity index (χ2v) is 6.99. The molecule has 0 bridgehead atoms. The molecule has 1 aliphatic carbocycles. The van der Waals surface area contributed by atoms with Crippen LogP contribution in [0.5, 0.6) is 0 Å². The third-order valence-corrected chi connectivity index (χ3v) is 5.10. The maximum absolute atomic E-state index is 12.6. The van der Waals surface area contributed by atoms with Crippen molar-refractivity contribution in [1.29, 1.82) is 0 Å². The summed E-state index contributed by atoms with van der Waals surface area (Å²) in [6.45, 7) is 0. The molecule has 0 radical (unpaired) electrons. The molecule has 0 amide bonds. The molecule has 4 rings (SSSR count). The number of hydrogen-bond donors (Lipinski definition) is 3. The van der Waals surface area contributed by atoms with Crippen LogP contribution in [0.3, 0.4) is 0 Å². The topological polar surface area (TPSA) is 82.9 Å². The van der Waals surface area contributed by atoms with E-state index < -0.39 is 12.3 Å². The lowest BCUT2D eigenvalue weighted by molar-refractivity contribution is -0.206. The van der Waals surface area contributed by atoms with Crippen molar-refractivity contribution in [3.05, 3.63) is 52.4 Å². The highest BCUT2D eigenvalue weighted by molar-refractivity contribution is 5.91. The standard InChI is InChI=1S/C19H19F3N4O2/c20-19(21,22)16(27)11-5-7-12(8-6-11)24-17-15-14(9-10-23-18(15)28)26(25-17)13-3-1-2-4-13/h5-10,13,16,27H,1-4H2,(H,23,28)(H,24,25). The number of nitrogens with zero attached hydrogens (tertiary/aromatic N) is 2. The minimum absolute atomic E-state index is 0.226. The van der Waals surface area contributed by atoms with Crippen molar-refractivity contribution in [2.45, 2.75) is 44.0 Å². The number of halogens is 3. The average Bonchev–Trinajstić information content (AvgIpc) is 3.30. The van der Waals surface area contributed by atoms with Crippen LogP contribution in [0, 0.1) is 0 Å². The van der Waals surface area contributed by atoms with Crippen molar-refractivity contribution in [2.75, 3.05) is 5.32 Å². The molecular formula is C19H19F3N4O2. The van der Waals surface area contributed by atoms with Gasteiger partial charge in [-0.15, -0.1) is 0 Å². The number of alkyl halides is 3. The minimum Gasteiger partial charge on any atom is -0.379 e. The number of H-pyrrole nitrogens is 1. The molecule has 3 N–H and O–H groups in total. The Balaban J connectivity index is 1.67. The van der Waals surface area contributed by atoms with E-state index in [2.05, 4.69) is 15.4 Å². The molecule has 1 aromatic carbocycles. The first-order chi connectivity index (χ1) is 13.3. The Morgan fingerprint density at radius 1 is 1.18 bits per heavy atom. The molecule has 0 saturated heterocycles. The highest BCUT2D eigenvalue weighted by atomic mass is 19.4. The third-order valence-electron chi connectivity index (χ3n) is 5.10. The fourth-order valence-electron chi connectivity index (χ4n) is 3.69. The van der Waals surface area contributed by atoms with Crippen molar-refractivity contribution in [3.8, 4) is 0 Å². The van der Waals surface area contributed by atoms with E-state index in [0.717, 1.165) is 31.2 Å². The van der Waals surface area contributed by atoms with E-state index in [1.807, 2.05) is 4.68 Å². The van der Waals surface area contributed by atoms with Gasteiger partial charge in [-0.25, -0.2) is 0 Å². The maximum Gasteiger partial charge on any atom is 0.418 e. The molecule has 148 valence electrons. The molecule has 3 aromatic rings. The van der Waals surface area contributed by atoms with Gasteiger partial charge in [0, 0.05) is 11.9 Å². The quantitative estimate of drug-likeness (QED) is 0.622. The van der Waals surface area contributed by atoms with Gasteiger partial charge in [-0.1, -0.05) is 25.0 Å². The van der Waals surface area contributed by atoms with E-state index in [0.29, 0.717) is 16.9 Å². The van der Waals surface area contributed by atoms with Crippen molar-refractivity contribution in [3.63, 3.8) is 0 Å². The van der Waals surface area contributed by atoms with Crippen molar-refractivity contribution in [2.24, 2.45) is 0 Å². The summed E-state index contributed by atoms with van der Waals surface area (Å²) in [7, 11) is 0. The zero-order valence-electron chi connectivity index (χ0n) is 14.8. The first kappa shape index (κ1) is 18.5. The van der Waals surface area contributed by atoms with Gasteiger partial charge in [-0.2, -0.15) is 18.3 Å². The fourth-order valence-corrected chi connectivity index (χ4v) is 3.69. The van der Waals surface area contributed by atoms with Gasteiger partial charge in [-0.3, -0.25) is 9.48 Å². The number of pyridine rings is 1. The van der Waals surface area contributed by atoms with Crippen LogP contribution in [0.15, 0.2) is 41.3 Å². The zero-order valence-corrected chi connectivity index (χ0v) is 14.8. The number of aliphatic hydroxyl groups is 1. The number of aliphatic hydroxyl groups excluding tert-OH is 1. The summed E-state index contributed by atoms with van der Waals surface area (Å²) in [6, 6.07) is 7.26. The van der Waals surface area contributed by atoms with Gasteiger partial charge in [-0.05, 0) is 36.6 Å². The van der Waals surface area contributed by atoms with E-state index >= 15 is 0 Å². The van der Waals surface area contributed by atoms with Crippen LogP contribution in [0.1, 0.15) is 43.4 Å². The molecule has 1 saturated carbocycles. The molecular weight excluding hydrogens is 373 g/mol. The molecule has 1 unspecified atom stereocenters. The number of rotatable bonds is 4. The average molecular weight is 392 g/mol. The van der Waals surface area contributed by atoms with Crippen LogP contribution in [0.4, 0.5) is 24.7 Å². The van der Waals surface area contributed by atoms with Gasteiger partial charge in [0.25, 0.3) is 5.56 Å². The Kier molecular flexibility index (Phi) is 4.62. The smallest absolute Gasteiger partial charge is 0.379 e. The largest absolute Gasteiger partial charge is 0.418 e. The van der Waals surface area contributed by atoms with Crippen LogP contribution in [-0.2, 0) is 0 Å². The molecule has 1 fully saturated rings.